The molecule has 4 heterocycles. The molecule has 2 saturated carbocycles. The molecule has 0 bridgehead atoms. The highest BCUT2D eigenvalue weighted by Gasteiger charge is 2.33. The molecule has 2 fully saturated rings. The number of ether oxygens (including phenoxy) is 4. The van der Waals surface area contributed by atoms with Crippen molar-refractivity contribution in [3.63, 3.8) is 0 Å². The number of rotatable bonds is 12. The second kappa shape index (κ2) is 25.9. The Hall–Kier alpha value is -8.18. The van der Waals surface area contributed by atoms with Crippen LogP contribution in [0.5, 0.6) is 11.5 Å². The van der Waals surface area contributed by atoms with E-state index >= 15 is 0 Å². The minimum absolute atomic E-state index is 0.0206. The molecule has 4 aliphatic rings. The minimum atomic E-state index is -0.957. The van der Waals surface area contributed by atoms with Crippen LogP contribution in [0.25, 0.3) is 56.5 Å². The Balaban J connectivity index is 0.000000190. The topological polar surface area (TPSA) is 191 Å². The van der Waals surface area contributed by atoms with Crippen LogP contribution in [-0.2, 0) is 41.7 Å². The first-order valence-corrected chi connectivity index (χ1v) is 27.7. The van der Waals surface area contributed by atoms with Crippen molar-refractivity contribution in [1.29, 1.82) is 0 Å². The van der Waals surface area contributed by atoms with Crippen LogP contribution in [0, 0.1) is 0 Å². The van der Waals surface area contributed by atoms with Crippen LogP contribution in [0.4, 0.5) is 0 Å². The molecule has 2 N–H and O–H groups in total. The number of fused-ring (bicyclic) bond motifs is 10. The summed E-state index contributed by atoms with van der Waals surface area (Å²) < 4.78 is 25.2. The first-order valence-electron chi connectivity index (χ1n) is 27.7. The van der Waals surface area contributed by atoms with Gasteiger partial charge in [0.05, 0.1) is 82.7 Å². The molecule has 4 aromatic carbocycles. The number of nitrogens with one attached hydrogen (secondary N) is 1. The third-order valence-electron chi connectivity index (χ3n) is 16.0. The summed E-state index contributed by atoms with van der Waals surface area (Å²) in [7, 11) is 16.2. The van der Waals surface area contributed by atoms with Gasteiger partial charge in [-0.25, -0.2) is 14.4 Å². The van der Waals surface area contributed by atoms with Crippen LogP contribution in [0.15, 0.2) is 83.9 Å². The number of carbonyl (C=O) groups is 6. The van der Waals surface area contributed by atoms with Crippen molar-refractivity contribution in [2.75, 3.05) is 83.8 Å². The van der Waals surface area contributed by atoms with Crippen LogP contribution in [0.3, 0.4) is 0 Å². The molecular weight excluding hydrogens is 1030 g/mol. The predicted molar refractivity (Wildman–Crippen MR) is 315 cm³/mol. The zero-order valence-corrected chi connectivity index (χ0v) is 48.4. The highest BCUT2D eigenvalue weighted by Crippen LogP contribution is 2.49. The SMILES string of the molecule is CNCC(=O)N(C)C.COC(=O)c1ccc2c(C3CCCCC3)c3n(c2c1)CC(C(=O)N(C)CC(=O)N(C)C)=Cc1cc(OC)ccc1-3.COC(=O)c1ccc2c(C3CCCCC3)c3n(c2c1)CC(C(=O)O)=Cc1cc(OC)ccc1-3. The number of esters is 2. The van der Waals surface area contributed by atoms with Crippen LogP contribution < -0.4 is 14.8 Å². The van der Waals surface area contributed by atoms with Crippen LogP contribution in [-0.4, -0.2) is 148 Å². The van der Waals surface area contributed by atoms with E-state index in [0.717, 1.165) is 81.1 Å². The van der Waals surface area contributed by atoms with E-state index in [1.54, 1.807) is 67.5 Å². The number of hydrogen-bond acceptors (Lipinski definition) is 11. The number of aliphatic carboxylic acids is 1. The predicted octanol–water partition coefficient (Wildman–Crippen LogP) is 10.0. The van der Waals surface area contributed by atoms with Gasteiger partial charge in [-0.2, -0.15) is 0 Å². The van der Waals surface area contributed by atoms with Crippen molar-refractivity contribution >= 4 is 69.6 Å². The molecule has 17 heteroatoms. The number of aromatic nitrogens is 2. The molecule has 0 spiro atoms. The smallest absolute Gasteiger partial charge is 0.337 e. The quantitative estimate of drug-likeness (QED) is 0.110. The Morgan fingerprint density at radius 1 is 0.568 bits per heavy atom. The van der Waals surface area contributed by atoms with Crippen molar-refractivity contribution < 1.29 is 52.8 Å². The lowest BCUT2D eigenvalue weighted by atomic mass is 9.81. The maximum absolute atomic E-state index is 13.8. The first kappa shape index (κ1) is 59.0. The van der Waals surface area contributed by atoms with Gasteiger partial charge >= 0.3 is 17.9 Å². The molecule has 2 aliphatic carbocycles. The number of hydrogen-bond donors (Lipinski definition) is 2. The fourth-order valence-corrected chi connectivity index (χ4v) is 11.8. The molecule has 0 atom stereocenters. The third kappa shape index (κ3) is 12.6. The Morgan fingerprint density at radius 3 is 1.38 bits per heavy atom. The van der Waals surface area contributed by atoms with E-state index in [0.29, 0.717) is 58.7 Å². The first-order chi connectivity index (χ1) is 38.9. The van der Waals surface area contributed by atoms with Crippen molar-refractivity contribution in [3.05, 3.63) is 117 Å². The van der Waals surface area contributed by atoms with Gasteiger partial charge in [0.15, 0.2) is 0 Å². The number of nitrogens with zero attached hydrogens (tertiary/aromatic N) is 5. The summed E-state index contributed by atoms with van der Waals surface area (Å²) in [5.41, 5.74) is 11.9. The second-order valence-electron chi connectivity index (χ2n) is 21.6. The molecule has 428 valence electrons. The summed E-state index contributed by atoms with van der Waals surface area (Å²) in [5, 5.41) is 14.9. The fraction of sp³-hybridized carbons (Fsp3) is 0.406. The second-order valence-corrected chi connectivity index (χ2v) is 21.6. The number of amides is 3. The maximum atomic E-state index is 13.8. The molecule has 0 saturated heterocycles. The standard InChI is InChI=1S/C32H37N3O5.C27H27NO5.C5H12N2O/c1-33(2)28(36)19-34(3)31(37)23-15-22-16-24(39-4)12-14-25(22)30-29(20-9-7-6-8-10-20)26-13-11-21(32(38)40-5)17-27(26)35(30)18-23;1-32-20-9-11-21-18(13-20)12-19(26(29)30)15-28-23-14-17(27(31)33-2)8-10-22(23)24(25(21)28)16-6-4-3-5-7-16;1-6-4-5(8)7(2)3/h11-17,20H,6-10,18-19H2,1-5H3;8-14,16H,3-7,15H2,1-2H3,(H,29,30);6H,4H2,1-3H3. The summed E-state index contributed by atoms with van der Waals surface area (Å²) in [6.07, 6.45) is 15.3. The lowest BCUT2D eigenvalue weighted by Crippen LogP contribution is -2.38. The van der Waals surface area contributed by atoms with E-state index in [1.165, 1.54) is 73.7 Å². The van der Waals surface area contributed by atoms with E-state index in [-0.39, 0.29) is 30.8 Å². The number of carboxylic acids is 1. The van der Waals surface area contributed by atoms with Crippen LogP contribution in [0.2, 0.25) is 0 Å². The van der Waals surface area contributed by atoms with Gasteiger partial charge in [0.2, 0.25) is 11.8 Å². The average Bonchev–Trinajstić information content (AvgIpc) is 2.79. The monoisotopic (exact) mass is 1100 g/mol. The van der Waals surface area contributed by atoms with Gasteiger partial charge in [0.1, 0.15) is 11.5 Å². The Kier molecular flexibility index (Phi) is 18.9. The normalized spacial score (nSPS) is 14.7. The van der Waals surface area contributed by atoms with Gasteiger partial charge in [-0.1, -0.05) is 50.7 Å². The van der Waals surface area contributed by atoms with E-state index in [4.69, 9.17) is 18.9 Å². The van der Waals surface area contributed by atoms with Gasteiger partial charge in [0.25, 0.3) is 5.91 Å². The fourth-order valence-electron chi connectivity index (χ4n) is 11.8. The van der Waals surface area contributed by atoms with Gasteiger partial charge in [0, 0.05) is 73.7 Å². The van der Waals surface area contributed by atoms with Gasteiger partial charge in [-0.15, -0.1) is 0 Å². The molecule has 0 radical (unpaired) electrons. The largest absolute Gasteiger partial charge is 0.497 e. The van der Waals surface area contributed by atoms with E-state index in [2.05, 4.69) is 20.5 Å². The minimum Gasteiger partial charge on any atom is -0.497 e. The van der Waals surface area contributed by atoms with Gasteiger partial charge in [-0.05, 0) is 140 Å². The molecule has 17 nitrogen and oxygen atoms in total. The zero-order chi connectivity index (χ0) is 58.2. The molecule has 2 aromatic heterocycles. The molecule has 0 unspecified atom stereocenters. The molecule has 2 aliphatic heterocycles. The number of carbonyl (C=O) groups excluding carboxylic acids is 5. The maximum Gasteiger partial charge on any atom is 0.337 e. The number of benzene rings is 4. The van der Waals surface area contributed by atoms with E-state index in [9.17, 15) is 33.9 Å². The lowest BCUT2D eigenvalue weighted by Gasteiger charge is -2.24. The summed E-state index contributed by atoms with van der Waals surface area (Å²) in [4.78, 5) is 78.3. The van der Waals surface area contributed by atoms with Crippen molar-refractivity contribution in [2.45, 2.75) is 89.1 Å². The molecule has 6 aromatic rings. The highest BCUT2D eigenvalue weighted by molar-refractivity contribution is 6.05. The van der Waals surface area contributed by atoms with Crippen LogP contribution >= 0.6 is 0 Å². The zero-order valence-electron chi connectivity index (χ0n) is 48.4. The van der Waals surface area contributed by atoms with Crippen molar-refractivity contribution in [3.8, 4) is 34.0 Å². The lowest BCUT2D eigenvalue weighted by molar-refractivity contribution is -0.136. The molecule has 10 rings (SSSR count). The van der Waals surface area contributed by atoms with Gasteiger partial charge < -0.3 is 53.2 Å². The highest BCUT2D eigenvalue weighted by atomic mass is 16.5. The molecule has 81 heavy (non-hydrogen) atoms. The van der Waals surface area contributed by atoms with Crippen molar-refractivity contribution in [1.82, 2.24) is 29.2 Å². The summed E-state index contributed by atoms with van der Waals surface area (Å²) >= 11 is 0. The average molecular weight is 1110 g/mol. The Bertz CT molecular complexity index is 3440. The summed E-state index contributed by atoms with van der Waals surface area (Å²) in [6.45, 7) is 0.926. The van der Waals surface area contributed by atoms with Crippen LogP contribution in [0.1, 0.15) is 119 Å². The van der Waals surface area contributed by atoms with Crippen molar-refractivity contribution in [2.24, 2.45) is 0 Å². The van der Waals surface area contributed by atoms with E-state index in [1.807, 2.05) is 72.8 Å². The number of likely N-dealkylation sites (N-methyl/N-ethyl adjacent to an activating group) is 4. The number of methoxy groups -OCH3 is 4. The summed E-state index contributed by atoms with van der Waals surface area (Å²) in [5.74, 6) is 0.134. The Morgan fingerprint density at radius 2 is 1.00 bits per heavy atom. The van der Waals surface area contributed by atoms with E-state index < -0.39 is 17.9 Å². The Labute approximate surface area is 474 Å². The third-order valence-corrected chi connectivity index (χ3v) is 16.0. The molecule has 3 amide bonds. The number of carboxylic acid groups (broad SMARTS) is 1. The van der Waals surface area contributed by atoms with Gasteiger partial charge in [-0.3, -0.25) is 14.4 Å². The molecular formula is C64H76N6O11. The summed E-state index contributed by atoms with van der Waals surface area (Å²) in [6, 6.07) is 23.2.